The number of nitrogens with one attached hydrogen (secondary N) is 1. The van der Waals surface area contributed by atoms with Crippen LogP contribution in [0, 0.1) is 0 Å². The monoisotopic (exact) mass is 335 g/mol. The molecule has 0 atom stereocenters. The lowest BCUT2D eigenvalue weighted by molar-refractivity contribution is 0.464. The number of ether oxygens (including phenoxy) is 1. The van der Waals surface area contributed by atoms with Crippen LogP contribution in [0.15, 0.2) is 59.7 Å². The Morgan fingerprint density at radius 2 is 1.64 bits per heavy atom. The maximum Gasteiger partial charge on any atom is 0.332 e. The van der Waals surface area contributed by atoms with E-state index in [2.05, 4.69) is 15.0 Å². The third-order valence-corrected chi connectivity index (χ3v) is 3.67. The van der Waals surface area contributed by atoms with E-state index in [1.165, 1.54) is 23.0 Å². The summed E-state index contributed by atoms with van der Waals surface area (Å²) < 4.78 is 7.10. The van der Waals surface area contributed by atoms with Gasteiger partial charge in [-0.05, 0) is 48.5 Å². The third kappa shape index (κ3) is 2.65. The van der Waals surface area contributed by atoms with Crippen molar-refractivity contribution in [1.82, 2.24) is 19.5 Å². The number of aromatic hydroxyl groups is 1. The molecule has 0 unspecified atom stereocenters. The minimum atomic E-state index is -0.352. The van der Waals surface area contributed by atoms with Crippen LogP contribution in [-0.2, 0) is 0 Å². The number of rotatable bonds is 3. The summed E-state index contributed by atoms with van der Waals surface area (Å²) >= 11 is 0. The summed E-state index contributed by atoms with van der Waals surface area (Å²) in [4.78, 5) is 22.8. The number of aromatic amines is 1. The van der Waals surface area contributed by atoms with Gasteiger partial charge < -0.3 is 15.6 Å². The molecule has 0 fully saturated rings. The molecule has 0 radical (unpaired) electrons. The standard InChI is InChI=1S/C17H13N5O3/c18-15-14-16(20-9-19-15)21-17(24)22(14)10-1-5-12(6-2-10)25-13-7-3-11(23)4-8-13/h1-9,23H,(H3,18,19,20,21,24). The Balaban J connectivity index is 1.70. The van der Waals surface area contributed by atoms with Crippen molar-refractivity contribution < 1.29 is 9.84 Å². The lowest BCUT2D eigenvalue weighted by atomic mass is 10.3. The number of nitrogen functional groups attached to an aromatic ring is 1. The zero-order valence-corrected chi connectivity index (χ0v) is 12.9. The van der Waals surface area contributed by atoms with Crippen molar-refractivity contribution in [1.29, 1.82) is 0 Å². The highest BCUT2D eigenvalue weighted by Crippen LogP contribution is 2.25. The molecule has 2 aromatic carbocycles. The molecule has 0 aliphatic rings. The summed E-state index contributed by atoms with van der Waals surface area (Å²) in [5.74, 6) is 1.56. The molecule has 25 heavy (non-hydrogen) atoms. The number of benzene rings is 2. The molecule has 0 bridgehead atoms. The molecular formula is C17H13N5O3. The van der Waals surface area contributed by atoms with E-state index in [4.69, 9.17) is 10.5 Å². The van der Waals surface area contributed by atoms with Crippen LogP contribution in [0.3, 0.4) is 0 Å². The molecule has 8 nitrogen and oxygen atoms in total. The fraction of sp³-hybridized carbons (Fsp3) is 0. The average molecular weight is 335 g/mol. The molecule has 0 saturated heterocycles. The van der Waals surface area contributed by atoms with Gasteiger partial charge in [0.05, 0.1) is 5.69 Å². The van der Waals surface area contributed by atoms with E-state index in [0.717, 1.165) is 0 Å². The van der Waals surface area contributed by atoms with Crippen molar-refractivity contribution in [3.05, 3.63) is 65.3 Å². The first-order valence-electron chi connectivity index (χ1n) is 7.40. The molecule has 0 aliphatic heterocycles. The van der Waals surface area contributed by atoms with Gasteiger partial charge in [0.15, 0.2) is 11.5 Å². The largest absolute Gasteiger partial charge is 0.508 e. The van der Waals surface area contributed by atoms with Gasteiger partial charge in [0.25, 0.3) is 0 Å². The predicted octanol–water partition coefficient (Wildman–Crippen LogP) is 2.19. The second-order valence-electron chi connectivity index (χ2n) is 5.31. The molecule has 4 aromatic rings. The van der Waals surface area contributed by atoms with Crippen molar-refractivity contribution in [3.8, 4) is 22.9 Å². The maximum absolute atomic E-state index is 12.2. The highest BCUT2D eigenvalue weighted by molar-refractivity contribution is 5.83. The van der Waals surface area contributed by atoms with Crippen molar-refractivity contribution in [3.63, 3.8) is 0 Å². The lowest BCUT2D eigenvalue weighted by Crippen LogP contribution is -2.15. The predicted molar refractivity (Wildman–Crippen MR) is 92.1 cm³/mol. The fourth-order valence-corrected chi connectivity index (χ4v) is 2.52. The SMILES string of the molecule is Nc1ncnc2[nH]c(=O)n(-c3ccc(Oc4ccc(O)cc4)cc3)c12. The van der Waals surface area contributed by atoms with E-state index in [9.17, 15) is 9.90 Å². The minimum absolute atomic E-state index is 0.168. The summed E-state index contributed by atoms with van der Waals surface area (Å²) in [5.41, 5.74) is 6.94. The minimum Gasteiger partial charge on any atom is -0.508 e. The van der Waals surface area contributed by atoms with Crippen molar-refractivity contribution >= 4 is 17.0 Å². The molecule has 4 N–H and O–H groups in total. The van der Waals surface area contributed by atoms with Crippen LogP contribution < -0.4 is 16.2 Å². The number of hydrogen-bond acceptors (Lipinski definition) is 6. The number of nitrogens with two attached hydrogens (primary N) is 1. The van der Waals surface area contributed by atoms with Gasteiger partial charge in [-0.3, -0.25) is 9.55 Å². The van der Waals surface area contributed by atoms with E-state index in [-0.39, 0.29) is 17.3 Å². The smallest absolute Gasteiger partial charge is 0.332 e. The van der Waals surface area contributed by atoms with E-state index in [1.54, 1.807) is 36.4 Å². The number of anilines is 1. The molecule has 0 amide bonds. The van der Waals surface area contributed by atoms with Gasteiger partial charge in [0, 0.05) is 0 Å². The number of imidazole rings is 1. The molecule has 2 heterocycles. The Morgan fingerprint density at radius 1 is 1.00 bits per heavy atom. The zero-order valence-electron chi connectivity index (χ0n) is 12.9. The highest BCUT2D eigenvalue weighted by atomic mass is 16.5. The second kappa shape index (κ2) is 5.68. The Hall–Kier alpha value is -3.81. The van der Waals surface area contributed by atoms with E-state index in [1.807, 2.05) is 0 Å². The topological polar surface area (TPSA) is 119 Å². The molecule has 124 valence electrons. The van der Waals surface area contributed by atoms with Gasteiger partial charge in [-0.1, -0.05) is 0 Å². The Bertz CT molecular complexity index is 1100. The summed E-state index contributed by atoms with van der Waals surface area (Å²) in [6, 6.07) is 13.3. The van der Waals surface area contributed by atoms with Crippen LogP contribution in [0.5, 0.6) is 17.2 Å². The van der Waals surface area contributed by atoms with Crippen LogP contribution in [0.4, 0.5) is 5.82 Å². The number of nitrogens with zero attached hydrogens (tertiary/aromatic N) is 3. The van der Waals surface area contributed by atoms with Gasteiger partial charge in [-0.25, -0.2) is 14.8 Å². The van der Waals surface area contributed by atoms with Crippen LogP contribution in [0.25, 0.3) is 16.9 Å². The van der Waals surface area contributed by atoms with Crippen molar-refractivity contribution in [2.75, 3.05) is 5.73 Å². The first kappa shape index (κ1) is 14.8. The molecule has 0 spiro atoms. The van der Waals surface area contributed by atoms with Crippen LogP contribution in [0.1, 0.15) is 0 Å². The third-order valence-electron chi connectivity index (χ3n) is 3.67. The Labute approximate surface area is 141 Å². The van der Waals surface area contributed by atoms with Crippen LogP contribution in [-0.4, -0.2) is 24.6 Å². The normalized spacial score (nSPS) is 10.9. The first-order chi connectivity index (χ1) is 12.1. The molecule has 8 heteroatoms. The van der Waals surface area contributed by atoms with E-state index in [0.29, 0.717) is 28.4 Å². The first-order valence-corrected chi connectivity index (χ1v) is 7.40. The van der Waals surface area contributed by atoms with Gasteiger partial charge in [0.2, 0.25) is 0 Å². The van der Waals surface area contributed by atoms with E-state index < -0.39 is 0 Å². The van der Waals surface area contributed by atoms with Crippen molar-refractivity contribution in [2.24, 2.45) is 0 Å². The van der Waals surface area contributed by atoms with Gasteiger partial charge in [-0.2, -0.15) is 0 Å². The maximum atomic E-state index is 12.2. The highest BCUT2D eigenvalue weighted by Gasteiger charge is 2.13. The number of fused-ring (bicyclic) bond motifs is 1. The molecule has 2 aromatic heterocycles. The Kier molecular flexibility index (Phi) is 3.35. The second-order valence-corrected chi connectivity index (χ2v) is 5.31. The summed E-state index contributed by atoms with van der Waals surface area (Å²) in [7, 11) is 0. The molecule has 0 aliphatic carbocycles. The summed E-state index contributed by atoms with van der Waals surface area (Å²) in [5, 5.41) is 9.29. The number of phenolic OH excluding ortho intramolecular Hbond substituents is 1. The number of phenols is 1. The number of hydrogen-bond donors (Lipinski definition) is 3. The fourth-order valence-electron chi connectivity index (χ4n) is 2.52. The molecule has 4 rings (SSSR count). The summed E-state index contributed by atoms with van der Waals surface area (Å²) in [6.07, 6.45) is 1.30. The lowest BCUT2D eigenvalue weighted by Gasteiger charge is -2.08. The quantitative estimate of drug-likeness (QED) is 0.528. The van der Waals surface area contributed by atoms with Gasteiger partial charge in [-0.15, -0.1) is 0 Å². The zero-order chi connectivity index (χ0) is 17.4. The molecule has 0 saturated carbocycles. The van der Waals surface area contributed by atoms with Gasteiger partial charge >= 0.3 is 5.69 Å². The van der Waals surface area contributed by atoms with Gasteiger partial charge in [0.1, 0.15) is 29.1 Å². The van der Waals surface area contributed by atoms with E-state index >= 15 is 0 Å². The number of aromatic nitrogens is 4. The Morgan fingerprint density at radius 3 is 2.32 bits per heavy atom. The van der Waals surface area contributed by atoms with Crippen molar-refractivity contribution in [2.45, 2.75) is 0 Å². The summed E-state index contributed by atoms with van der Waals surface area (Å²) in [6.45, 7) is 0. The van der Waals surface area contributed by atoms with Crippen LogP contribution in [0.2, 0.25) is 0 Å². The number of H-pyrrole nitrogens is 1. The average Bonchev–Trinajstić information content (AvgIpc) is 2.95. The molecular weight excluding hydrogens is 322 g/mol. The van der Waals surface area contributed by atoms with Crippen LogP contribution >= 0.6 is 0 Å².